The minimum absolute atomic E-state index is 0.0546. The van der Waals surface area contributed by atoms with Gasteiger partial charge in [0.05, 0.1) is 30.1 Å². The Hall–Kier alpha value is -1.33. The predicted octanol–water partition coefficient (Wildman–Crippen LogP) is 1.99. The molecule has 1 aromatic heterocycles. The first-order valence-corrected chi connectivity index (χ1v) is 7.72. The van der Waals surface area contributed by atoms with Crippen LogP contribution in [0.3, 0.4) is 0 Å². The van der Waals surface area contributed by atoms with E-state index in [0.29, 0.717) is 12.1 Å². The van der Waals surface area contributed by atoms with Gasteiger partial charge in [0, 0.05) is 13.1 Å². The molecule has 0 N–H and O–H groups in total. The highest BCUT2D eigenvalue weighted by molar-refractivity contribution is 5.94. The molecule has 3 heterocycles. The molecule has 0 aromatic carbocycles. The summed E-state index contributed by atoms with van der Waals surface area (Å²) in [4.78, 5) is 16.5. The van der Waals surface area contributed by atoms with Gasteiger partial charge in [0.15, 0.2) is 0 Å². The van der Waals surface area contributed by atoms with E-state index in [2.05, 4.69) is 19.0 Å². The monoisotopic (exact) mass is 292 g/mol. The van der Waals surface area contributed by atoms with Gasteiger partial charge in [-0.2, -0.15) is 0 Å². The molecule has 3 rings (SSSR count). The van der Waals surface area contributed by atoms with Crippen LogP contribution in [0.4, 0.5) is 0 Å². The number of carbonyl (C=O) groups is 1. The molecule has 116 valence electrons. The Bertz CT molecular complexity index is 486. The number of ether oxygens (including phenoxy) is 1. The van der Waals surface area contributed by atoms with Gasteiger partial charge in [0.1, 0.15) is 6.26 Å². The van der Waals surface area contributed by atoms with E-state index in [0.717, 1.165) is 32.4 Å². The fourth-order valence-corrected chi connectivity index (χ4v) is 3.55. The summed E-state index contributed by atoms with van der Waals surface area (Å²) in [6.45, 7) is 2.44. The minimum atomic E-state index is -0.127. The van der Waals surface area contributed by atoms with Gasteiger partial charge in [0.25, 0.3) is 5.91 Å². The fraction of sp³-hybridized carbons (Fsp3) is 0.688. The standard InChI is InChI=1S/C16H24N2O3/c1-17(2)10-14-4-3-6-16(21-14)7-8-18(12-16)15(19)13-5-9-20-11-13/h5,9,11,14H,3-4,6-8,10,12H2,1-2H3/t14-,16-/m0/s1. The Morgan fingerprint density at radius 1 is 1.48 bits per heavy atom. The number of rotatable bonds is 3. The molecule has 0 bridgehead atoms. The lowest BCUT2D eigenvalue weighted by atomic mass is 9.90. The van der Waals surface area contributed by atoms with Gasteiger partial charge in [-0.15, -0.1) is 0 Å². The first-order valence-electron chi connectivity index (χ1n) is 7.72. The summed E-state index contributed by atoms with van der Waals surface area (Å²) >= 11 is 0. The van der Waals surface area contributed by atoms with Crippen LogP contribution in [0.2, 0.25) is 0 Å². The summed E-state index contributed by atoms with van der Waals surface area (Å²) in [5.41, 5.74) is 0.505. The SMILES string of the molecule is CN(C)C[C@@H]1CCC[C@@]2(CCN(C(=O)c3ccoc3)C2)O1. The Morgan fingerprint density at radius 2 is 2.33 bits per heavy atom. The highest BCUT2D eigenvalue weighted by atomic mass is 16.5. The molecule has 5 nitrogen and oxygen atoms in total. The largest absolute Gasteiger partial charge is 0.472 e. The summed E-state index contributed by atoms with van der Waals surface area (Å²) in [6.07, 6.45) is 7.67. The summed E-state index contributed by atoms with van der Waals surface area (Å²) < 4.78 is 11.4. The van der Waals surface area contributed by atoms with Crippen LogP contribution in [0.25, 0.3) is 0 Å². The van der Waals surface area contributed by atoms with Crippen molar-refractivity contribution in [2.45, 2.75) is 37.4 Å². The molecule has 1 spiro atoms. The van der Waals surface area contributed by atoms with Crippen molar-refractivity contribution in [1.29, 1.82) is 0 Å². The van der Waals surface area contributed by atoms with Crippen LogP contribution in [-0.2, 0) is 4.74 Å². The molecular weight excluding hydrogens is 268 g/mol. The number of furan rings is 1. The highest BCUT2D eigenvalue weighted by Crippen LogP contribution is 2.37. The highest BCUT2D eigenvalue weighted by Gasteiger charge is 2.44. The van der Waals surface area contributed by atoms with Crippen LogP contribution >= 0.6 is 0 Å². The van der Waals surface area contributed by atoms with E-state index < -0.39 is 0 Å². The molecule has 21 heavy (non-hydrogen) atoms. The summed E-state index contributed by atoms with van der Waals surface area (Å²) in [5, 5.41) is 0. The molecule has 2 aliphatic heterocycles. The maximum Gasteiger partial charge on any atom is 0.257 e. The number of likely N-dealkylation sites (N-methyl/N-ethyl adjacent to an activating group) is 1. The average molecular weight is 292 g/mol. The van der Waals surface area contributed by atoms with Crippen molar-refractivity contribution in [2.24, 2.45) is 0 Å². The van der Waals surface area contributed by atoms with Crippen molar-refractivity contribution in [3.63, 3.8) is 0 Å². The number of carbonyl (C=O) groups excluding carboxylic acids is 1. The van der Waals surface area contributed by atoms with Crippen molar-refractivity contribution in [3.05, 3.63) is 24.2 Å². The summed E-state index contributed by atoms with van der Waals surface area (Å²) in [7, 11) is 4.15. The van der Waals surface area contributed by atoms with Gasteiger partial charge < -0.3 is 19.0 Å². The van der Waals surface area contributed by atoms with Crippen LogP contribution in [0.5, 0.6) is 0 Å². The van der Waals surface area contributed by atoms with E-state index in [-0.39, 0.29) is 17.6 Å². The van der Waals surface area contributed by atoms with E-state index in [1.807, 2.05) is 4.90 Å². The van der Waals surface area contributed by atoms with E-state index in [1.54, 1.807) is 12.3 Å². The second-order valence-electron chi connectivity index (χ2n) is 6.57. The summed E-state index contributed by atoms with van der Waals surface area (Å²) in [6, 6.07) is 1.73. The van der Waals surface area contributed by atoms with Crippen LogP contribution in [-0.4, -0.2) is 61.1 Å². The van der Waals surface area contributed by atoms with Crippen LogP contribution in [0.1, 0.15) is 36.0 Å². The van der Waals surface area contributed by atoms with Crippen molar-refractivity contribution in [3.8, 4) is 0 Å². The van der Waals surface area contributed by atoms with Gasteiger partial charge in [-0.3, -0.25) is 4.79 Å². The maximum absolute atomic E-state index is 12.4. The van der Waals surface area contributed by atoms with E-state index >= 15 is 0 Å². The zero-order valence-corrected chi connectivity index (χ0v) is 12.9. The quantitative estimate of drug-likeness (QED) is 0.855. The zero-order chi connectivity index (χ0) is 14.9. The van der Waals surface area contributed by atoms with Gasteiger partial charge in [-0.1, -0.05) is 0 Å². The second kappa shape index (κ2) is 5.81. The van der Waals surface area contributed by atoms with Gasteiger partial charge in [-0.05, 0) is 45.8 Å². The lowest BCUT2D eigenvalue weighted by molar-refractivity contribution is -0.124. The summed E-state index contributed by atoms with van der Waals surface area (Å²) in [5.74, 6) is 0.0546. The zero-order valence-electron chi connectivity index (χ0n) is 12.9. The van der Waals surface area contributed by atoms with Crippen molar-refractivity contribution >= 4 is 5.91 Å². The van der Waals surface area contributed by atoms with E-state index in [9.17, 15) is 4.79 Å². The molecule has 5 heteroatoms. The van der Waals surface area contributed by atoms with Gasteiger partial charge in [0.2, 0.25) is 0 Å². The molecule has 0 aliphatic carbocycles. The smallest absolute Gasteiger partial charge is 0.257 e. The Balaban J connectivity index is 1.64. The third-order valence-electron chi connectivity index (χ3n) is 4.52. The molecule has 0 saturated carbocycles. The minimum Gasteiger partial charge on any atom is -0.472 e. The van der Waals surface area contributed by atoms with Crippen molar-refractivity contribution in [2.75, 3.05) is 33.7 Å². The van der Waals surface area contributed by atoms with Gasteiger partial charge in [-0.25, -0.2) is 0 Å². The predicted molar refractivity (Wildman–Crippen MR) is 79.2 cm³/mol. The molecule has 2 atom stereocenters. The lowest BCUT2D eigenvalue weighted by Gasteiger charge is -2.39. The number of amides is 1. The fourth-order valence-electron chi connectivity index (χ4n) is 3.55. The van der Waals surface area contributed by atoms with Crippen LogP contribution in [0, 0.1) is 0 Å². The molecule has 2 saturated heterocycles. The third kappa shape index (κ3) is 3.14. The lowest BCUT2D eigenvalue weighted by Crippen LogP contribution is -2.46. The Morgan fingerprint density at radius 3 is 3.05 bits per heavy atom. The maximum atomic E-state index is 12.4. The molecule has 2 fully saturated rings. The normalized spacial score (nSPS) is 29.5. The molecule has 2 aliphatic rings. The number of nitrogens with zero attached hydrogens (tertiary/aromatic N) is 2. The number of hydrogen-bond donors (Lipinski definition) is 0. The van der Waals surface area contributed by atoms with Crippen molar-refractivity contribution in [1.82, 2.24) is 9.80 Å². The molecular formula is C16H24N2O3. The van der Waals surface area contributed by atoms with Crippen LogP contribution < -0.4 is 0 Å². The molecule has 1 aromatic rings. The Labute approximate surface area is 125 Å². The Kier molecular flexibility index (Phi) is 4.04. The first-order chi connectivity index (χ1) is 10.1. The topological polar surface area (TPSA) is 45.9 Å². The van der Waals surface area contributed by atoms with E-state index in [4.69, 9.17) is 9.15 Å². The van der Waals surface area contributed by atoms with E-state index in [1.165, 1.54) is 12.7 Å². The molecule has 0 unspecified atom stereocenters. The number of hydrogen-bond acceptors (Lipinski definition) is 4. The third-order valence-corrected chi connectivity index (χ3v) is 4.52. The number of likely N-dealkylation sites (tertiary alicyclic amines) is 1. The molecule has 1 amide bonds. The first kappa shape index (κ1) is 14.6. The van der Waals surface area contributed by atoms with Crippen molar-refractivity contribution < 1.29 is 13.9 Å². The molecule has 0 radical (unpaired) electrons. The second-order valence-corrected chi connectivity index (χ2v) is 6.57. The van der Waals surface area contributed by atoms with Crippen LogP contribution in [0.15, 0.2) is 23.0 Å². The van der Waals surface area contributed by atoms with Gasteiger partial charge >= 0.3 is 0 Å². The average Bonchev–Trinajstić information content (AvgIpc) is 3.07.